The molecule has 9 heteroatoms. The van der Waals surface area contributed by atoms with Crippen molar-refractivity contribution < 1.29 is 22.7 Å². The van der Waals surface area contributed by atoms with Gasteiger partial charge in [0.25, 0.3) is 0 Å². The summed E-state index contributed by atoms with van der Waals surface area (Å²) in [6, 6.07) is 14.9. The molecule has 0 unspecified atom stereocenters. The Morgan fingerprint density at radius 3 is 2.29 bits per heavy atom. The minimum atomic E-state index is -3.62. The van der Waals surface area contributed by atoms with E-state index >= 15 is 0 Å². The van der Waals surface area contributed by atoms with Crippen LogP contribution in [0.1, 0.15) is 38.7 Å². The summed E-state index contributed by atoms with van der Waals surface area (Å²) >= 11 is 0. The molecule has 0 bridgehead atoms. The van der Waals surface area contributed by atoms with E-state index < -0.39 is 16.1 Å². The van der Waals surface area contributed by atoms with Crippen molar-refractivity contribution in [2.24, 2.45) is 0 Å². The summed E-state index contributed by atoms with van der Waals surface area (Å²) in [5, 5.41) is 2.84. The smallest absolute Gasteiger partial charge is 0.242 e. The van der Waals surface area contributed by atoms with E-state index in [1.54, 1.807) is 49.3 Å². The minimum Gasteiger partial charge on any atom is -0.497 e. The van der Waals surface area contributed by atoms with Gasteiger partial charge in [-0.05, 0) is 49.6 Å². The predicted octanol–water partition coefficient (Wildman–Crippen LogP) is 3.04. The average molecular weight is 490 g/mol. The number of carbonyl (C=O) groups excluding carboxylic acids is 2. The first kappa shape index (κ1) is 27.3. The zero-order chi connectivity index (χ0) is 25.1. The molecule has 0 fully saturated rings. The second-order valence-corrected chi connectivity index (χ2v) is 10.1. The maximum Gasteiger partial charge on any atom is 0.242 e. The number of hydrogen-bond donors (Lipinski definition) is 1. The fraction of sp³-hybridized carbons (Fsp3) is 0.440. The van der Waals surface area contributed by atoms with E-state index in [0.29, 0.717) is 18.7 Å². The van der Waals surface area contributed by atoms with Crippen molar-refractivity contribution in [3.8, 4) is 5.75 Å². The summed E-state index contributed by atoms with van der Waals surface area (Å²) in [4.78, 5) is 27.5. The lowest BCUT2D eigenvalue weighted by atomic mass is 10.1. The van der Waals surface area contributed by atoms with Gasteiger partial charge in [-0.15, -0.1) is 0 Å². The van der Waals surface area contributed by atoms with E-state index in [1.807, 2.05) is 31.2 Å². The molecule has 0 aromatic heterocycles. The highest BCUT2D eigenvalue weighted by atomic mass is 32.2. The second kappa shape index (κ2) is 13.1. The molecule has 8 nitrogen and oxygen atoms in total. The van der Waals surface area contributed by atoms with Crippen molar-refractivity contribution in [1.82, 2.24) is 14.5 Å². The molecule has 34 heavy (non-hydrogen) atoms. The molecule has 0 aliphatic rings. The summed E-state index contributed by atoms with van der Waals surface area (Å²) in [6.45, 7) is 4.66. The average Bonchev–Trinajstić information content (AvgIpc) is 2.86. The number of rotatable bonds is 13. The van der Waals surface area contributed by atoms with Gasteiger partial charge in [-0.25, -0.2) is 12.7 Å². The first-order chi connectivity index (χ1) is 16.2. The molecule has 0 spiro atoms. The molecule has 1 atom stereocenters. The van der Waals surface area contributed by atoms with Gasteiger partial charge < -0.3 is 15.0 Å². The van der Waals surface area contributed by atoms with E-state index in [2.05, 4.69) is 5.32 Å². The third-order valence-electron chi connectivity index (χ3n) is 5.54. The Morgan fingerprint density at radius 2 is 1.71 bits per heavy atom. The van der Waals surface area contributed by atoms with E-state index in [-0.39, 0.29) is 36.2 Å². The lowest BCUT2D eigenvalue weighted by Gasteiger charge is -2.29. The van der Waals surface area contributed by atoms with Crippen molar-refractivity contribution in [2.75, 3.05) is 27.2 Å². The molecule has 186 valence electrons. The number of nitrogens with one attached hydrogen (secondary N) is 1. The molecule has 0 saturated carbocycles. The molecule has 1 N–H and O–H groups in total. The Bertz CT molecular complexity index is 1030. The summed E-state index contributed by atoms with van der Waals surface area (Å²) in [5.74, 6) is 0.283. The summed E-state index contributed by atoms with van der Waals surface area (Å²) in [6.07, 6.45) is 1.26. The van der Waals surface area contributed by atoms with Crippen LogP contribution >= 0.6 is 0 Å². The highest BCUT2D eigenvalue weighted by Crippen LogP contribution is 2.17. The molecule has 0 aliphatic carbocycles. The molecule has 0 aliphatic heterocycles. The zero-order valence-electron chi connectivity index (χ0n) is 20.4. The maximum atomic E-state index is 13.1. The molecule has 0 heterocycles. The van der Waals surface area contributed by atoms with Gasteiger partial charge in [0.2, 0.25) is 21.8 Å². The molecular formula is C25H35N3O5S. The van der Waals surface area contributed by atoms with Crippen LogP contribution in [0.2, 0.25) is 0 Å². The first-order valence-electron chi connectivity index (χ1n) is 11.4. The van der Waals surface area contributed by atoms with Gasteiger partial charge in [-0.1, -0.05) is 37.3 Å². The Hall–Kier alpha value is -2.91. The number of amides is 2. The second-order valence-electron chi connectivity index (χ2n) is 8.08. The van der Waals surface area contributed by atoms with Crippen molar-refractivity contribution in [3.05, 3.63) is 60.2 Å². The highest BCUT2D eigenvalue weighted by molar-refractivity contribution is 7.89. The molecule has 2 amide bonds. The van der Waals surface area contributed by atoms with Crippen molar-refractivity contribution in [3.63, 3.8) is 0 Å². The lowest BCUT2D eigenvalue weighted by Crippen LogP contribution is -2.47. The largest absolute Gasteiger partial charge is 0.497 e. The van der Waals surface area contributed by atoms with Gasteiger partial charge in [0.05, 0.1) is 12.0 Å². The summed E-state index contributed by atoms with van der Waals surface area (Å²) < 4.78 is 31.8. The van der Waals surface area contributed by atoms with Gasteiger partial charge in [-0.2, -0.15) is 0 Å². The van der Waals surface area contributed by atoms with Crippen molar-refractivity contribution in [1.29, 1.82) is 0 Å². The number of carbonyl (C=O) groups is 2. The van der Waals surface area contributed by atoms with Gasteiger partial charge in [0, 0.05) is 33.1 Å². The number of methoxy groups -OCH3 is 1. The van der Waals surface area contributed by atoms with Crippen LogP contribution in [0.25, 0.3) is 0 Å². The number of ether oxygens (including phenoxy) is 1. The summed E-state index contributed by atoms with van der Waals surface area (Å²) in [5.41, 5.74) is 0.869. The van der Waals surface area contributed by atoms with Crippen LogP contribution < -0.4 is 10.1 Å². The third kappa shape index (κ3) is 7.56. The lowest BCUT2D eigenvalue weighted by molar-refractivity contribution is -0.140. The Morgan fingerprint density at radius 1 is 1.06 bits per heavy atom. The van der Waals surface area contributed by atoms with Gasteiger partial charge in [-0.3, -0.25) is 9.59 Å². The number of benzene rings is 2. The SMILES string of the molecule is CCCNC(=O)[C@@H](C)N(Cc1ccc(OC)cc1)C(=O)CCCN(C)S(=O)(=O)c1ccccc1. The van der Waals surface area contributed by atoms with E-state index in [1.165, 1.54) is 11.4 Å². The van der Waals surface area contributed by atoms with Crippen LogP contribution in [0.15, 0.2) is 59.5 Å². The van der Waals surface area contributed by atoms with Gasteiger partial charge >= 0.3 is 0 Å². The molecule has 2 aromatic carbocycles. The van der Waals surface area contributed by atoms with E-state index in [4.69, 9.17) is 4.74 Å². The molecule has 0 radical (unpaired) electrons. The van der Waals surface area contributed by atoms with Gasteiger partial charge in [0.15, 0.2) is 0 Å². The van der Waals surface area contributed by atoms with E-state index in [0.717, 1.165) is 12.0 Å². The third-order valence-corrected chi connectivity index (χ3v) is 7.41. The number of hydrogen-bond acceptors (Lipinski definition) is 5. The van der Waals surface area contributed by atoms with Crippen LogP contribution in [-0.2, 0) is 26.2 Å². The zero-order valence-corrected chi connectivity index (χ0v) is 21.2. The molecular weight excluding hydrogens is 454 g/mol. The minimum absolute atomic E-state index is 0.121. The quantitative estimate of drug-likeness (QED) is 0.467. The topological polar surface area (TPSA) is 96.0 Å². The van der Waals surface area contributed by atoms with Crippen LogP contribution in [0.5, 0.6) is 5.75 Å². The first-order valence-corrected chi connectivity index (χ1v) is 12.9. The summed E-state index contributed by atoms with van der Waals surface area (Å²) in [7, 11) is -0.534. The standard InChI is InChI=1S/C25H35N3O5S/c1-5-17-26-25(30)20(2)28(19-21-13-15-22(33-4)16-14-21)24(29)12-9-18-27(3)34(31,32)23-10-7-6-8-11-23/h6-8,10-11,13-16,20H,5,9,12,17-19H2,1-4H3,(H,26,30)/t20-/m1/s1. The van der Waals surface area contributed by atoms with Crippen LogP contribution in [-0.4, -0.2) is 62.7 Å². The number of sulfonamides is 1. The Kier molecular flexibility index (Phi) is 10.5. The number of nitrogens with zero attached hydrogens (tertiary/aromatic N) is 2. The van der Waals surface area contributed by atoms with Crippen LogP contribution in [0.4, 0.5) is 0 Å². The maximum absolute atomic E-state index is 13.1. The highest BCUT2D eigenvalue weighted by Gasteiger charge is 2.26. The molecule has 2 rings (SSSR count). The van der Waals surface area contributed by atoms with Crippen LogP contribution in [0, 0.1) is 0 Å². The fourth-order valence-electron chi connectivity index (χ4n) is 3.40. The monoisotopic (exact) mass is 489 g/mol. The fourth-order valence-corrected chi connectivity index (χ4v) is 4.63. The Labute approximate surface area is 202 Å². The van der Waals surface area contributed by atoms with Crippen LogP contribution in [0.3, 0.4) is 0 Å². The van der Waals surface area contributed by atoms with Crippen molar-refractivity contribution >= 4 is 21.8 Å². The Balaban J connectivity index is 2.06. The predicted molar refractivity (Wildman–Crippen MR) is 132 cm³/mol. The van der Waals surface area contributed by atoms with Crippen molar-refractivity contribution in [2.45, 2.75) is 50.6 Å². The normalized spacial score (nSPS) is 12.3. The van der Waals surface area contributed by atoms with E-state index in [9.17, 15) is 18.0 Å². The van der Waals surface area contributed by atoms with Gasteiger partial charge in [0.1, 0.15) is 11.8 Å². The molecule has 0 saturated heterocycles. The molecule has 2 aromatic rings.